The predicted molar refractivity (Wildman–Crippen MR) is 147 cm³/mol. The van der Waals surface area contributed by atoms with Crippen molar-refractivity contribution in [3.05, 3.63) is 78.8 Å². The molecule has 0 spiro atoms. The zero-order valence-electron chi connectivity index (χ0n) is 20.5. The molecule has 0 radical (unpaired) electrons. The van der Waals surface area contributed by atoms with Crippen LogP contribution in [0, 0.1) is 15.2 Å². The summed E-state index contributed by atoms with van der Waals surface area (Å²) in [5, 5.41) is 8.17. The lowest BCUT2D eigenvalue weighted by atomic mass is 9.78. The Labute approximate surface area is 231 Å². The number of amides is 1. The fourth-order valence-corrected chi connectivity index (χ4v) is 6.13. The van der Waals surface area contributed by atoms with E-state index in [2.05, 4.69) is 10.3 Å². The predicted octanol–water partition coefficient (Wildman–Crippen LogP) is 3.05. The molecule has 2 aromatic heterocycles. The van der Waals surface area contributed by atoms with E-state index in [0.29, 0.717) is 16.4 Å². The number of halogens is 3. The van der Waals surface area contributed by atoms with E-state index < -0.39 is 44.7 Å². The molecule has 0 aliphatic heterocycles. The topological polar surface area (TPSA) is 153 Å². The Hall–Kier alpha value is -3.11. The highest BCUT2D eigenvalue weighted by atomic mass is 127. The van der Waals surface area contributed by atoms with Crippen LogP contribution < -0.4 is 26.1 Å². The van der Waals surface area contributed by atoms with Crippen molar-refractivity contribution in [2.24, 2.45) is 17.9 Å². The van der Waals surface area contributed by atoms with Gasteiger partial charge in [0.25, 0.3) is 11.5 Å². The van der Waals surface area contributed by atoms with Crippen LogP contribution in [-0.4, -0.2) is 29.4 Å². The first-order chi connectivity index (χ1) is 17.7. The summed E-state index contributed by atoms with van der Waals surface area (Å²) in [4.78, 5) is 29.4. The standard InChI is InChI=1S/C24H25F2IN6O4S/c1-24(7-3-8-24)33(38(29,36)37)22-19(26)13(6-9-30-22)10-14-11-16(20(28)34)21(32(2)23(14)35)31-18-5-4-15(27)12-17(18)25/h4-6,9,11-12,31H,3,7-8,10H2,1-2H3,(H2,28,34)(H2,29,36,37). The third-order valence-corrected chi connectivity index (χ3v) is 8.43. The van der Waals surface area contributed by atoms with Gasteiger partial charge in [0.1, 0.15) is 11.6 Å². The van der Waals surface area contributed by atoms with E-state index >= 15 is 4.39 Å². The molecule has 202 valence electrons. The van der Waals surface area contributed by atoms with Gasteiger partial charge in [0.05, 0.1) is 16.8 Å². The number of hydrogen-bond donors (Lipinski definition) is 3. The summed E-state index contributed by atoms with van der Waals surface area (Å²) in [5.41, 5.74) is 3.90. The Kier molecular flexibility index (Phi) is 7.51. The first-order valence-electron chi connectivity index (χ1n) is 11.4. The first-order valence-corrected chi connectivity index (χ1v) is 14.0. The largest absolute Gasteiger partial charge is 0.365 e. The maximum absolute atomic E-state index is 15.7. The molecule has 1 fully saturated rings. The van der Waals surface area contributed by atoms with Crippen LogP contribution in [0.25, 0.3) is 0 Å². The number of nitrogens with two attached hydrogens (primary N) is 2. The maximum Gasteiger partial charge on any atom is 0.300 e. The summed E-state index contributed by atoms with van der Waals surface area (Å²) in [6.07, 6.45) is 2.63. The average Bonchev–Trinajstić information content (AvgIpc) is 2.80. The van der Waals surface area contributed by atoms with Crippen molar-refractivity contribution < 1.29 is 22.0 Å². The van der Waals surface area contributed by atoms with Gasteiger partial charge in [-0.2, -0.15) is 8.42 Å². The fraction of sp³-hybridized carbons (Fsp3) is 0.292. The number of hydrogen-bond acceptors (Lipinski definition) is 6. The van der Waals surface area contributed by atoms with E-state index in [9.17, 15) is 22.4 Å². The van der Waals surface area contributed by atoms with Gasteiger partial charge < -0.3 is 11.1 Å². The Balaban J connectivity index is 1.77. The molecule has 1 aliphatic carbocycles. The molecule has 1 amide bonds. The molecule has 3 aromatic rings. The number of carbonyl (C=O) groups excluding carboxylic acids is 1. The van der Waals surface area contributed by atoms with Crippen LogP contribution in [0.4, 0.5) is 26.1 Å². The molecule has 1 aliphatic rings. The molecule has 0 atom stereocenters. The third kappa shape index (κ3) is 5.24. The van der Waals surface area contributed by atoms with Crippen molar-refractivity contribution in [3.8, 4) is 0 Å². The highest BCUT2D eigenvalue weighted by Gasteiger charge is 2.45. The van der Waals surface area contributed by atoms with E-state index in [-0.39, 0.29) is 34.6 Å². The van der Waals surface area contributed by atoms with E-state index in [1.54, 1.807) is 13.0 Å². The summed E-state index contributed by atoms with van der Waals surface area (Å²) in [6.45, 7) is 1.66. The molecule has 2 heterocycles. The van der Waals surface area contributed by atoms with Crippen LogP contribution in [0.1, 0.15) is 47.7 Å². The molecule has 0 bridgehead atoms. The van der Waals surface area contributed by atoms with Crippen molar-refractivity contribution in [1.82, 2.24) is 9.55 Å². The minimum Gasteiger partial charge on any atom is -0.365 e. The van der Waals surface area contributed by atoms with Gasteiger partial charge in [-0.1, -0.05) is 0 Å². The minimum absolute atomic E-state index is 0.00277. The van der Waals surface area contributed by atoms with E-state index in [0.717, 1.165) is 15.3 Å². The van der Waals surface area contributed by atoms with Crippen LogP contribution >= 0.6 is 22.6 Å². The second-order valence-electron chi connectivity index (χ2n) is 9.35. The van der Waals surface area contributed by atoms with E-state index in [4.69, 9.17) is 10.9 Å². The van der Waals surface area contributed by atoms with Crippen molar-refractivity contribution in [3.63, 3.8) is 0 Å². The molecule has 14 heteroatoms. The highest BCUT2D eigenvalue weighted by molar-refractivity contribution is 14.1. The number of primary amides is 1. The van der Waals surface area contributed by atoms with Gasteiger partial charge in [0, 0.05) is 28.8 Å². The van der Waals surface area contributed by atoms with Crippen LogP contribution in [-0.2, 0) is 23.7 Å². The van der Waals surface area contributed by atoms with Gasteiger partial charge >= 0.3 is 10.2 Å². The highest BCUT2D eigenvalue weighted by Crippen LogP contribution is 2.41. The third-order valence-electron chi connectivity index (χ3n) is 6.64. The SMILES string of the molecule is Cn1c(Nc2ccc(I)cc2F)c(C(N)=O)cc(Cc2ccnc(N(C3(C)CCC3)S(N)(=O)=O)c2F)c1=O. The molecule has 0 saturated heterocycles. The van der Waals surface area contributed by atoms with Crippen molar-refractivity contribution in [2.75, 3.05) is 9.62 Å². The second kappa shape index (κ2) is 10.2. The van der Waals surface area contributed by atoms with Crippen LogP contribution in [0.5, 0.6) is 0 Å². The van der Waals surface area contributed by atoms with Gasteiger partial charge in [-0.3, -0.25) is 14.2 Å². The monoisotopic (exact) mass is 658 g/mol. The first kappa shape index (κ1) is 27.9. The molecule has 38 heavy (non-hydrogen) atoms. The number of nitrogens with one attached hydrogen (secondary N) is 1. The quantitative estimate of drug-likeness (QED) is 0.317. The summed E-state index contributed by atoms with van der Waals surface area (Å²) >= 11 is 1.94. The zero-order valence-corrected chi connectivity index (χ0v) is 23.4. The lowest BCUT2D eigenvalue weighted by molar-refractivity contribution is 0.100. The van der Waals surface area contributed by atoms with Crippen molar-refractivity contribution >= 4 is 56.0 Å². The average molecular weight is 658 g/mol. The maximum atomic E-state index is 15.7. The second-order valence-corrected chi connectivity index (χ2v) is 12.0. The van der Waals surface area contributed by atoms with Crippen molar-refractivity contribution in [1.29, 1.82) is 0 Å². The van der Waals surface area contributed by atoms with Crippen molar-refractivity contribution in [2.45, 2.75) is 38.1 Å². The van der Waals surface area contributed by atoms with Crippen LogP contribution in [0.15, 0.2) is 41.3 Å². The lowest BCUT2D eigenvalue weighted by Crippen LogP contribution is -2.57. The molecule has 0 unspecified atom stereocenters. The Morgan fingerprint density at radius 1 is 1.24 bits per heavy atom. The van der Waals surface area contributed by atoms with Crippen LogP contribution in [0.2, 0.25) is 0 Å². The minimum atomic E-state index is -4.36. The smallest absolute Gasteiger partial charge is 0.300 e. The number of rotatable bonds is 8. The molecular weight excluding hydrogens is 633 g/mol. The van der Waals surface area contributed by atoms with Gasteiger partial charge in [0.15, 0.2) is 11.6 Å². The Morgan fingerprint density at radius 3 is 2.47 bits per heavy atom. The molecule has 1 aromatic carbocycles. The summed E-state index contributed by atoms with van der Waals surface area (Å²) in [5.74, 6) is -2.97. The molecule has 10 nitrogen and oxygen atoms in total. The summed E-state index contributed by atoms with van der Waals surface area (Å²) < 4.78 is 57.4. The van der Waals surface area contributed by atoms with Crippen LogP contribution in [0.3, 0.4) is 0 Å². The number of benzene rings is 1. The zero-order chi connectivity index (χ0) is 28.0. The molecule has 4 rings (SSSR count). The number of anilines is 3. The normalized spacial score (nSPS) is 14.6. The number of nitrogens with zero attached hydrogens (tertiary/aromatic N) is 3. The van der Waals surface area contributed by atoms with E-state index in [1.165, 1.54) is 37.5 Å². The summed E-state index contributed by atoms with van der Waals surface area (Å²) in [6, 6.07) is 6.88. The molecule has 1 saturated carbocycles. The molecule has 5 N–H and O–H groups in total. The van der Waals surface area contributed by atoms with Gasteiger partial charge in [0.2, 0.25) is 0 Å². The number of aromatic nitrogens is 2. The Bertz CT molecular complexity index is 1610. The van der Waals surface area contributed by atoms with Gasteiger partial charge in [-0.25, -0.2) is 23.2 Å². The lowest BCUT2D eigenvalue weighted by Gasteiger charge is -2.46. The Morgan fingerprint density at radius 2 is 1.92 bits per heavy atom. The molecular formula is C24H25F2IN6O4S. The number of pyridine rings is 2. The fourth-order valence-electron chi connectivity index (χ4n) is 4.52. The van der Waals surface area contributed by atoms with Gasteiger partial charge in [-0.15, -0.1) is 0 Å². The van der Waals surface area contributed by atoms with Gasteiger partial charge in [-0.05, 0) is 84.7 Å². The van der Waals surface area contributed by atoms with E-state index in [1.807, 2.05) is 22.6 Å². The summed E-state index contributed by atoms with van der Waals surface area (Å²) in [7, 11) is -3.00. The number of carbonyl (C=O) groups is 1.